The van der Waals surface area contributed by atoms with Crippen molar-refractivity contribution in [3.8, 4) is 0 Å². The van der Waals surface area contributed by atoms with Gasteiger partial charge < -0.3 is 0 Å². The Balaban J connectivity index is 2.07. The first-order valence-corrected chi connectivity index (χ1v) is 8.56. The van der Waals surface area contributed by atoms with Gasteiger partial charge >= 0.3 is 10.2 Å². The van der Waals surface area contributed by atoms with Crippen molar-refractivity contribution in [3.63, 3.8) is 0 Å². The third-order valence-electron chi connectivity index (χ3n) is 5.03. The Morgan fingerprint density at radius 3 is 1.57 bits per heavy atom. The summed E-state index contributed by atoms with van der Waals surface area (Å²) >= 11 is 0. The van der Waals surface area contributed by atoms with E-state index in [1.807, 2.05) is 55.5 Å². The van der Waals surface area contributed by atoms with E-state index in [1.54, 1.807) is 0 Å². The molecule has 0 N–H and O–H groups in total. The maximum absolute atomic E-state index is 13.9. The zero-order valence-electron chi connectivity index (χ0n) is 11.5. The zero-order chi connectivity index (χ0) is 14.8. The maximum atomic E-state index is 13.9. The van der Waals surface area contributed by atoms with Crippen LogP contribution in [0.2, 0.25) is 0 Å². The van der Waals surface area contributed by atoms with Gasteiger partial charge in [-0.1, -0.05) is 55.5 Å². The van der Waals surface area contributed by atoms with Crippen molar-refractivity contribution in [3.05, 3.63) is 70.8 Å². The van der Waals surface area contributed by atoms with Gasteiger partial charge in [0.2, 0.25) is 0 Å². The lowest BCUT2D eigenvalue weighted by Gasteiger charge is -2.47. The van der Waals surface area contributed by atoms with Crippen molar-refractivity contribution in [2.45, 2.75) is 24.0 Å². The standard InChI is InChI=1S/C17H15FO2S/c1-10-15-11-6-2-4-8-13(11)16(17(10)21(18,19)20)14-9-5-3-7-12(14)15/h2-10,15-17H,1H3. The van der Waals surface area contributed by atoms with Crippen LogP contribution < -0.4 is 0 Å². The fraction of sp³-hybridized carbons (Fsp3) is 0.294. The molecule has 0 fully saturated rings. The quantitative estimate of drug-likeness (QED) is 0.755. The first-order chi connectivity index (χ1) is 10.00. The van der Waals surface area contributed by atoms with Gasteiger partial charge in [0.25, 0.3) is 0 Å². The Kier molecular flexibility index (Phi) is 2.58. The number of fused-ring (bicyclic) bond motifs is 1. The van der Waals surface area contributed by atoms with Gasteiger partial charge in [0.05, 0.1) is 0 Å². The van der Waals surface area contributed by atoms with E-state index in [4.69, 9.17) is 0 Å². The summed E-state index contributed by atoms with van der Waals surface area (Å²) < 4.78 is 37.4. The molecule has 2 bridgehead atoms. The zero-order valence-corrected chi connectivity index (χ0v) is 12.3. The minimum absolute atomic E-state index is 0.0436. The fourth-order valence-electron chi connectivity index (χ4n) is 4.32. The number of benzene rings is 2. The van der Waals surface area contributed by atoms with E-state index in [-0.39, 0.29) is 11.8 Å². The van der Waals surface area contributed by atoms with E-state index in [0.29, 0.717) is 0 Å². The Labute approximate surface area is 123 Å². The van der Waals surface area contributed by atoms with Crippen molar-refractivity contribution in [1.29, 1.82) is 0 Å². The van der Waals surface area contributed by atoms with E-state index in [0.717, 1.165) is 22.3 Å². The molecule has 0 aromatic heterocycles. The highest BCUT2D eigenvalue weighted by molar-refractivity contribution is 7.87. The monoisotopic (exact) mass is 302 g/mol. The lowest BCUT2D eigenvalue weighted by Crippen LogP contribution is -2.45. The molecule has 3 aliphatic carbocycles. The molecular formula is C17H15FO2S. The summed E-state index contributed by atoms with van der Waals surface area (Å²) in [4.78, 5) is 0. The highest BCUT2D eigenvalue weighted by atomic mass is 32.3. The summed E-state index contributed by atoms with van der Waals surface area (Å²) in [7, 11) is -4.59. The highest BCUT2D eigenvalue weighted by Crippen LogP contribution is 2.57. The molecule has 2 nitrogen and oxygen atoms in total. The van der Waals surface area contributed by atoms with Crippen molar-refractivity contribution in [1.82, 2.24) is 0 Å². The van der Waals surface area contributed by atoms with Crippen LogP contribution in [-0.4, -0.2) is 13.7 Å². The number of halogens is 1. The Hall–Kier alpha value is -1.68. The summed E-state index contributed by atoms with van der Waals surface area (Å²) in [6, 6.07) is 15.7. The van der Waals surface area contributed by atoms with Crippen LogP contribution in [0.1, 0.15) is 41.0 Å². The largest absolute Gasteiger partial charge is 0.306 e. The van der Waals surface area contributed by atoms with Gasteiger partial charge in [0.15, 0.2) is 0 Å². The van der Waals surface area contributed by atoms with Crippen LogP contribution in [-0.2, 0) is 10.2 Å². The van der Waals surface area contributed by atoms with Crippen molar-refractivity contribution in [2.24, 2.45) is 5.92 Å². The van der Waals surface area contributed by atoms with E-state index in [2.05, 4.69) is 0 Å². The molecule has 108 valence electrons. The predicted molar refractivity (Wildman–Crippen MR) is 79.5 cm³/mol. The molecule has 2 atom stereocenters. The van der Waals surface area contributed by atoms with Crippen LogP contribution in [0.5, 0.6) is 0 Å². The normalized spacial score (nSPS) is 29.8. The molecular weight excluding hydrogens is 287 g/mol. The molecule has 0 aliphatic heterocycles. The summed E-state index contributed by atoms with van der Waals surface area (Å²) in [5, 5.41) is -0.979. The molecule has 0 heterocycles. The van der Waals surface area contributed by atoms with Crippen LogP contribution in [0.3, 0.4) is 0 Å². The van der Waals surface area contributed by atoms with Gasteiger partial charge in [-0.3, -0.25) is 0 Å². The van der Waals surface area contributed by atoms with Crippen LogP contribution in [0.25, 0.3) is 0 Å². The molecule has 0 radical (unpaired) electrons. The minimum Gasteiger partial charge on any atom is -0.195 e. The molecule has 0 spiro atoms. The van der Waals surface area contributed by atoms with E-state index < -0.39 is 21.4 Å². The maximum Gasteiger partial charge on any atom is 0.306 e. The third-order valence-corrected chi connectivity index (χ3v) is 6.38. The molecule has 21 heavy (non-hydrogen) atoms. The average molecular weight is 302 g/mol. The van der Waals surface area contributed by atoms with Crippen molar-refractivity contribution >= 4 is 10.2 Å². The van der Waals surface area contributed by atoms with Gasteiger partial charge in [-0.05, 0) is 28.2 Å². The summed E-state index contributed by atoms with van der Waals surface area (Å²) in [5.74, 6) is -0.694. The molecule has 2 unspecified atom stereocenters. The first kappa shape index (κ1) is 13.0. The molecule has 2 aromatic carbocycles. The van der Waals surface area contributed by atoms with Crippen LogP contribution >= 0.6 is 0 Å². The molecule has 0 saturated carbocycles. The lowest BCUT2D eigenvalue weighted by atomic mass is 9.59. The topological polar surface area (TPSA) is 34.1 Å². The number of hydrogen-bond donors (Lipinski definition) is 0. The van der Waals surface area contributed by atoms with Gasteiger partial charge in [-0.25, -0.2) is 0 Å². The van der Waals surface area contributed by atoms with Gasteiger partial charge in [-0.15, -0.1) is 3.89 Å². The third kappa shape index (κ3) is 1.65. The molecule has 5 rings (SSSR count). The lowest BCUT2D eigenvalue weighted by molar-refractivity contribution is 0.370. The summed E-state index contributed by atoms with van der Waals surface area (Å²) in [6.45, 7) is 1.85. The van der Waals surface area contributed by atoms with Gasteiger partial charge in [0.1, 0.15) is 5.25 Å². The predicted octanol–water partition coefficient (Wildman–Crippen LogP) is 3.58. The van der Waals surface area contributed by atoms with E-state index >= 15 is 0 Å². The molecule has 0 saturated heterocycles. The number of rotatable bonds is 1. The fourth-order valence-corrected chi connectivity index (χ4v) is 5.61. The van der Waals surface area contributed by atoms with Crippen molar-refractivity contribution < 1.29 is 12.3 Å². The molecule has 4 heteroatoms. The average Bonchev–Trinajstić information content (AvgIpc) is 2.46. The highest BCUT2D eigenvalue weighted by Gasteiger charge is 2.53. The van der Waals surface area contributed by atoms with Gasteiger partial charge in [-0.2, -0.15) is 8.42 Å². The molecule has 3 aliphatic rings. The first-order valence-electron chi connectivity index (χ1n) is 7.11. The second-order valence-electron chi connectivity index (χ2n) is 6.01. The molecule has 0 amide bonds. The summed E-state index contributed by atoms with van der Waals surface area (Å²) in [6.07, 6.45) is 0. The van der Waals surface area contributed by atoms with Crippen LogP contribution in [0.15, 0.2) is 48.5 Å². The Morgan fingerprint density at radius 1 is 0.810 bits per heavy atom. The smallest absolute Gasteiger partial charge is 0.195 e. The second-order valence-corrected chi connectivity index (χ2v) is 7.51. The van der Waals surface area contributed by atoms with Gasteiger partial charge in [0, 0.05) is 11.8 Å². The minimum atomic E-state index is -4.59. The van der Waals surface area contributed by atoms with E-state index in [1.165, 1.54) is 0 Å². The summed E-state index contributed by atoms with van der Waals surface area (Å²) in [5.41, 5.74) is 4.22. The van der Waals surface area contributed by atoms with Crippen molar-refractivity contribution in [2.75, 3.05) is 0 Å². The molecule has 2 aromatic rings. The van der Waals surface area contributed by atoms with E-state index in [9.17, 15) is 12.3 Å². The Morgan fingerprint density at radius 2 is 1.19 bits per heavy atom. The van der Waals surface area contributed by atoms with Crippen LogP contribution in [0.4, 0.5) is 3.89 Å². The number of hydrogen-bond acceptors (Lipinski definition) is 2. The van der Waals surface area contributed by atoms with Crippen LogP contribution in [0, 0.1) is 5.92 Å². The second kappa shape index (κ2) is 4.17. The Bertz CT molecular complexity index is 781. The SMILES string of the molecule is CC1C2c3ccccc3C(c3ccccc32)C1S(=O)(=O)F.